The summed E-state index contributed by atoms with van der Waals surface area (Å²) in [6, 6.07) is 13.9. The molecule has 2 N–H and O–H groups in total. The largest absolute Gasteiger partial charge is 0.507 e. The first-order valence-corrected chi connectivity index (χ1v) is 7.30. The molecule has 0 bridgehead atoms. The molecular formula is C17H14N2O3S. The van der Waals surface area contributed by atoms with Gasteiger partial charge in [-0.05, 0) is 36.5 Å². The summed E-state index contributed by atoms with van der Waals surface area (Å²) in [7, 11) is 1.56. The molecule has 0 unspecified atom stereocenters. The summed E-state index contributed by atoms with van der Waals surface area (Å²) in [6.07, 6.45) is 1.57. The third-order valence-electron chi connectivity index (χ3n) is 3.43. The third kappa shape index (κ3) is 2.89. The van der Waals surface area contributed by atoms with Gasteiger partial charge in [0.1, 0.15) is 17.2 Å². The van der Waals surface area contributed by atoms with Crippen LogP contribution in [0.15, 0.2) is 54.2 Å². The zero-order chi connectivity index (χ0) is 16.4. The molecule has 1 heterocycles. The zero-order valence-corrected chi connectivity index (χ0v) is 13.1. The second-order valence-electron chi connectivity index (χ2n) is 4.89. The van der Waals surface area contributed by atoms with E-state index in [4.69, 9.17) is 17.0 Å². The molecule has 1 amide bonds. The first-order valence-electron chi connectivity index (χ1n) is 6.89. The SMILES string of the molecule is COc1cccc(N2C(=O)/C(=C/c3ccccc3O)NC2=S)c1. The van der Waals surface area contributed by atoms with E-state index in [0.29, 0.717) is 22.7 Å². The maximum atomic E-state index is 12.6. The number of ether oxygens (including phenoxy) is 1. The fourth-order valence-electron chi connectivity index (χ4n) is 2.28. The van der Waals surface area contributed by atoms with Crippen molar-refractivity contribution in [2.24, 2.45) is 0 Å². The van der Waals surface area contributed by atoms with Gasteiger partial charge in [0.25, 0.3) is 5.91 Å². The third-order valence-corrected chi connectivity index (χ3v) is 3.71. The van der Waals surface area contributed by atoms with E-state index < -0.39 is 0 Å². The number of benzene rings is 2. The number of phenolic OH excluding ortho intramolecular Hbond substituents is 1. The van der Waals surface area contributed by atoms with E-state index >= 15 is 0 Å². The molecule has 0 atom stereocenters. The predicted octanol–water partition coefficient (Wildman–Crippen LogP) is 2.66. The van der Waals surface area contributed by atoms with E-state index in [9.17, 15) is 9.90 Å². The molecule has 0 aliphatic carbocycles. The minimum Gasteiger partial charge on any atom is -0.507 e. The summed E-state index contributed by atoms with van der Waals surface area (Å²) in [4.78, 5) is 14.0. The summed E-state index contributed by atoms with van der Waals surface area (Å²) in [5, 5.41) is 13.0. The monoisotopic (exact) mass is 326 g/mol. The number of methoxy groups -OCH3 is 1. The number of hydrogen-bond acceptors (Lipinski definition) is 4. The minimum absolute atomic E-state index is 0.0975. The van der Waals surface area contributed by atoms with Crippen molar-refractivity contribution in [1.29, 1.82) is 0 Å². The number of thiocarbonyl (C=S) groups is 1. The molecule has 5 nitrogen and oxygen atoms in total. The van der Waals surface area contributed by atoms with Crippen LogP contribution in [0.1, 0.15) is 5.56 Å². The van der Waals surface area contributed by atoms with Crippen LogP contribution in [0.5, 0.6) is 11.5 Å². The van der Waals surface area contributed by atoms with Crippen LogP contribution < -0.4 is 15.0 Å². The number of carbonyl (C=O) groups excluding carboxylic acids is 1. The van der Waals surface area contributed by atoms with Crippen LogP contribution in [-0.2, 0) is 4.79 Å². The van der Waals surface area contributed by atoms with Gasteiger partial charge in [-0.15, -0.1) is 0 Å². The van der Waals surface area contributed by atoms with Crippen molar-refractivity contribution in [3.63, 3.8) is 0 Å². The average molecular weight is 326 g/mol. The lowest BCUT2D eigenvalue weighted by atomic mass is 10.1. The molecule has 2 aromatic rings. The first kappa shape index (κ1) is 15.1. The van der Waals surface area contributed by atoms with Gasteiger partial charge in [-0.1, -0.05) is 24.3 Å². The minimum atomic E-state index is -0.286. The lowest BCUT2D eigenvalue weighted by Gasteiger charge is -2.14. The van der Waals surface area contributed by atoms with E-state index in [-0.39, 0.29) is 16.8 Å². The molecule has 23 heavy (non-hydrogen) atoms. The van der Waals surface area contributed by atoms with Crippen LogP contribution in [0.3, 0.4) is 0 Å². The Kier molecular flexibility index (Phi) is 3.99. The number of nitrogens with zero attached hydrogens (tertiary/aromatic N) is 1. The van der Waals surface area contributed by atoms with Gasteiger partial charge in [0.15, 0.2) is 5.11 Å². The van der Waals surface area contributed by atoms with E-state index in [0.717, 1.165) is 0 Å². The number of para-hydroxylation sites is 1. The maximum Gasteiger partial charge on any atom is 0.281 e. The van der Waals surface area contributed by atoms with Crippen LogP contribution in [0.2, 0.25) is 0 Å². The Morgan fingerprint density at radius 1 is 1.22 bits per heavy atom. The quantitative estimate of drug-likeness (QED) is 0.671. The van der Waals surface area contributed by atoms with Crippen molar-refractivity contribution in [3.05, 3.63) is 59.8 Å². The molecule has 0 spiro atoms. The number of phenols is 1. The van der Waals surface area contributed by atoms with Gasteiger partial charge < -0.3 is 15.2 Å². The van der Waals surface area contributed by atoms with E-state index in [2.05, 4.69) is 5.32 Å². The Labute approximate surface area is 138 Å². The number of aromatic hydroxyl groups is 1. The number of amides is 1. The molecule has 1 aliphatic heterocycles. The van der Waals surface area contributed by atoms with E-state index in [1.54, 1.807) is 61.7 Å². The number of nitrogens with one attached hydrogen (secondary N) is 1. The Balaban J connectivity index is 1.95. The standard InChI is InChI=1S/C17H14N2O3S/c1-22-13-7-4-6-12(10-13)19-16(21)14(18-17(19)23)9-11-5-2-3-8-15(11)20/h2-10,20H,1H3,(H,18,23)/b14-9-. The van der Waals surface area contributed by atoms with Gasteiger partial charge in [-0.25, -0.2) is 0 Å². The molecule has 0 aromatic heterocycles. The molecule has 2 aromatic carbocycles. The van der Waals surface area contributed by atoms with Crippen LogP contribution in [-0.4, -0.2) is 23.2 Å². The summed E-state index contributed by atoms with van der Waals surface area (Å²) in [5.41, 5.74) is 1.46. The molecule has 0 saturated carbocycles. The number of carbonyl (C=O) groups is 1. The van der Waals surface area contributed by atoms with Crippen molar-refractivity contribution < 1.29 is 14.6 Å². The highest BCUT2D eigenvalue weighted by molar-refractivity contribution is 7.80. The number of rotatable bonds is 3. The maximum absolute atomic E-state index is 12.6. The molecule has 0 radical (unpaired) electrons. The molecule has 1 saturated heterocycles. The van der Waals surface area contributed by atoms with Gasteiger partial charge in [0.05, 0.1) is 12.8 Å². The van der Waals surface area contributed by atoms with E-state index in [1.165, 1.54) is 4.90 Å². The fourth-order valence-corrected chi connectivity index (χ4v) is 2.58. The Morgan fingerprint density at radius 2 is 2.00 bits per heavy atom. The predicted molar refractivity (Wildman–Crippen MR) is 92.3 cm³/mol. The van der Waals surface area contributed by atoms with Crippen LogP contribution in [0.25, 0.3) is 6.08 Å². The summed E-state index contributed by atoms with van der Waals surface area (Å²) >= 11 is 5.26. The normalized spacial score (nSPS) is 15.9. The zero-order valence-electron chi connectivity index (χ0n) is 12.3. The van der Waals surface area contributed by atoms with Crippen LogP contribution in [0.4, 0.5) is 5.69 Å². The molecule has 3 rings (SSSR count). The number of anilines is 1. The molecule has 1 aliphatic rings. The van der Waals surface area contributed by atoms with Gasteiger partial charge in [0.2, 0.25) is 0 Å². The average Bonchev–Trinajstić information content (AvgIpc) is 2.83. The van der Waals surface area contributed by atoms with Gasteiger partial charge in [-0.2, -0.15) is 0 Å². The van der Waals surface area contributed by atoms with Crippen molar-refractivity contribution >= 4 is 35.0 Å². The Hall–Kier alpha value is -2.86. The first-order chi connectivity index (χ1) is 11.1. The van der Waals surface area contributed by atoms with Crippen LogP contribution >= 0.6 is 12.2 Å². The lowest BCUT2D eigenvalue weighted by Crippen LogP contribution is -2.30. The van der Waals surface area contributed by atoms with Gasteiger partial charge in [-0.3, -0.25) is 9.69 Å². The summed E-state index contributed by atoms with van der Waals surface area (Å²) < 4.78 is 5.17. The smallest absolute Gasteiger partial charge is 0.281 e. The van der Waals surface area contributed by atoms with Gasteiger partial charge in [0, 0.05) is 11.6 Å². The summed E-state index contributed by atoms with van der Waals surface area (Å²) in [6.45, 7) is 0. The van der Waals surface area contributed by atoms with Gasteiger partial charge >= 0.3 is 0 Å². The molecule has 6 heteroatoms. The highest BCUT2D eigenvalue weighted by Crippen LogP contribution is 2.27. The molecule has 116 valence electrons. The topological polar surface area (TPSA) is 61.8 Å². The van der Waals surface area contributed by atoms with Crippen LogP contribution in [0, 0.1) is 0 Å². The van der Waals surface area contributed by atoms with Crippen molar-refractivity contribution in [3.8, 4) is 11.5 Å². The lowest BCUT2D eigenvalue weighted by molar-refractivity contribution is -0.113. The fraction of sp³-hybridized carbons (Fsp3) is 0.0588. The van der Waals surface area contributed by atoms with E-state index in [1.807, 2.05) is 0 Å². The summed E-state index contributed by atoms with van der Waals surface area (Å²) in [5.74, 6) is 0.447. The highest BCUT2D eigenvalue weighted by Gasteiger charge is 2.32. The van der Waals surface area contributed by atoms with Crippen molar-refractivity contribution in [2.45, 2.75) is 0 Å². The molecular weight excluding hydrogens is 312 g/mol. The van der Waals surface area contributed by atoms with Crippen molar-refractivity contribution in [1.82, 2.24) is 5.32 Å². The molecule has 1 fully saturated rings. The second kappa shape index (κ2) is 6.10. The Morgan fingerprint density at radius 3 is 2.74 bits per heavy atom. The second-order valence-corrected chi connectivity index (χ2v) is 5.28. The highest BCUT2D eigenvalue weighted by atomic mass is 32.1. The van der Waals surface area contributed by atoms with Crippen molar-refractivity contribution in [2.75, 3.05) is 12.0 Å². The number of hydrogen-bond donors (Lipinski definition) is 2. The Bertz CT molecular complexity index is 817.